The van der Waals surface area contributed by atoms with Crippen molar-refractivity contribution in [1.82, 2.24) is 5.01 Å². The summed E-state index contributed by atoms with van der Waals surface area (Å²) < 4.78 is 0. The monoisotopic (exact) mass is 188 g/mol. The maximum Gasteiger partial charge on any atom is 0.0532 e. The first-order valence-electron chi connectivity index (χ1n) is 4.27. The Hall–Kier alpha value is -0.180. The molecule has 0 aromatic rings. The van der Waals surface area contributed by atoms with Gasteiger partial charge in [-0.2, -0.15) is 16.9 Å². The van der Waals surface area contributed by atoms with Crippen LogP contribution in [0.2, 0.25) is 0 Å². The fourth-order valence-corrected chi connectivity index (χ4v) is 1.58. The highest BCUT2D eigenvalue weighted by atomic mass is 32.2. The standard InChI is InChI=1S/C9H20N2S/c1-7(2)9(8(3)12-6)10-11(4)5/h7-8H,1-6H3/b10-9-. The minimum absolute atomic E-state index is 0.521. The predicted octanol–water partition coefficient (Wildman–Crippen LogP) is 2.31. The molecule has 2 nitrogen and oxygen atoms in total. The molecule has 1 atom stereocenters. The first-order chi connectivity index (χ1) is 5.49. The quantitative estimate of drug-likeness (QED) is 0.497. The van der Waals surface area contributed by atoms with Crippen LogP contribution in [-0.2, 0) is 0 Å². The van der Waals surface area contributed by atoms with E-state index in [1.54, 1.807) is 0 Å². The van der Waals surface area contributed by atoms with Crippen molar-refractivity contribution >= 4 is 17.5 Å². The fourth-order valence-electron chi connectivity index (χ4n) is 1.02. The van der Waals surface area contributed by atoms with E-state index in [-0.39, 0.29) is 0 Å². The highest BCUT2D eigenvalue weighted by Gasteiger charge is 2.13. The van der Waals surface area contributed by atoms with E-state index < -0.39 is 0 Å². The van der Waals surface area contributed by atoms with E-state index in [1.807, 2.05) is 30.9 Å². The van der Waals surface area contributed by atoms with Crippen LogP contribution < -0.4 is 0 Å². The lowest BCUT2D eigenvalue weighted by atomic mass is 10.1. The summed E-state index contributed by atoms with van der Waals surface area (Å²) in [5.41, 5.74) is 1.27. The molecule has 0 rings (SSSR count). The van der Waals surface area contributed by atoms with Crippen LogP contribution in [0.15, 0.2) is 5.10 Å². The topological polar surface area (TPSA) is 15.6 Å². The van der Waals surface area contributed by atoms with Crippen molar-refractivity contribution in [3.63, 3.8) is 0 Å². The molecule has 0 bridgehead atoms. The Morgan fingerprint density at radius 3 is 2.00 bits per heavy atom. The van der Waals surface area contributed by atoms with E-state index in [4.69, 9.17) is 0 Å². The lowest BCUT2D eigenvalue weighted by Crippen LogP contribution is -2.23. The molecule has 0 radical (unpaired) electrons. The zero-order valence-electron chi connectivity index (χ0n) is 8.96. The molecule has 3 heteroatoms. The normalized spacial score (nSPS) is 15.1. The first kappa shape index (κ1) is 11.8. The molecule has 0 saturated heterocycles. The van der Waals surface area contributed by atoms with E-state index in [0.717, 1.165) is 0 Å². The molecular weight excluding hydrogens is 168 g/mol. The summed E-state index contributed by atoms with van der Waals surface area (Å²) in [5, 5.41) is 6.87. The van der Waals surface area contributed by atoms with Crippen LogP contribution in [0.5, 0.6) is 0 Å². The molecule has 0 N–H and O–H groups in total. The molecule has 12 heavy (non-hydrogen) atoms. The maximum atomic E-state index is 4.48. The van der Waals surface area contributed by atoms with Crippen molar-refractivity contribution in [1.29, 1.82) is 0 Å². The van der Waals surface area contributed by atoms with Crippen LogP contribution >= 0.6 is 11.8 Å². The summed E-state index contributed by atoms with van der Waals surface area (Å²) in [6.45, 7) is 6.58. The summed E-state index contributed by atoms with van der Waals surface area (Å²) in [6, 6.07) is 0. The molecule has 0 aromatic carbocycles. The van der Waals surface area contributed by atoms with Crippen molar-refractivity contribution in [3.8, 4) is 0 Å². The van der Waals surface area contributed by atoms with Gasteiger partial charge in [0.2, 0.25) is 0 Å². The van der Waals surface area contributed by atoms with Gasteiger partial charge in [0, 0.05) is 19.3 Å². The molecule has 0 aromatic heterocycles. The number of thioether (sulfide) groups is 1. The predicted molar refractivity (Wildman–Crippen MR) is 58.9 cm³/mol. The Morgan fingerprint density at radius 2 is 1.75 bits per heavy atom. The van der Waals surface area contributed by atoms with Gasteiger partial charge in [-0.3, -0.25) is 0 Å². The molecule has 0 aliphatic carbocycles. The van der Waals surface area contributed by atoms with Crippen molar-refractivity contribution in [2.75, 3.05) is 20.4 Å². The number of hydrogen-bond donors (Lipinski definition) is 0. The maximum absolute atomic E-state index is 4.48. The highest BCUT2D eigenvalue weighted by molar-refractivity contribution is 7.99. The largest absolute Gasteiger partial charge is 0.303 e. The molecule has 0 aliphatic heterocycles. The SMILES string of the molecule is CSC(C)/C(=N\N(C)C)C(C)C. The summed E-state index contributed by atoms with van der Waals surface area (Å²) in [7, 11) is 3.94. The van der Waals surface area contributed by atoms with Crippen LogP contribution in [0.3, 0.4) is 0 Å². The van der Waals surface area contributed by atoms with E-state index >= 15 is 0 Å². The molecule has 0 spiro atoms. The lowest BCUT2D eigenvalue weighted by molar-refractivity contribution is 0.432. The van der Waals surface area contributed by atoms with Gasteiger partial charge in [0.15, 0.2) is 0 Å². The van der Waals surface area contributed by atoms with Crippen LogP contribution in [0.4, 0.5) is 0 Å². The Bertz CT molecular complexity index is 153. The Labute approximate surface area is 80.4 Å². The molecule has 0 fully saturated rings. The zero-order valence-corrected chi connectivity index (χ0v) is 9.77. The van der Waals surface area contributed by atoms with E-state index in [0.29, 0.717) is 11.2 Å². The Morgan fingerprint density at radius 1 is 1.25 bits per heavy atom. The molecule has 0 heterocycles. The molecule has 1 unspecified atom stereocenters. The number of rotatable bonds is 4. The van der Waals surface area contributed by atoms with Gasteiger partial charge in [-0.25, -0.2) is 0 Å². The van der Waals surface area contributed by atoms with Crippen molar-refractivity contribution in [2.45, 2.75) is 26.0 Å². The summed E-state index contributed by atoms with van der Waals surface area (Å²) in [4.78, 5) is 0. The minimum Gasteiger partial charge on any atom is -0.303 e. The van der Waals surface area contributed by atoms with Gasteiger partial charge < -0.3 is 5.01 Å². The molecule has 0 saturated carbocycles. The van der Waals surface area contributed by atoms with Crippen LogP contribution in [0.25, 0.3) is 0 Å². The Kier molecular flexibility index (Phi) is 5.38. The number of hydrogen-bond acceptors (Lipinski definition) is 3. The summed E-state index contributed by atoms with van der Waals surface area (Å²) in [6.07, 6.45) is 2.12. The van der Waals surface area contributed by atoms with Crippen molar-refractivity contribution < 1.29 is 0 Å². The van der Waals surface area contributed by atoms with Crippen LogP contribution in [0, 0.1) is 5.92 Å². The third kappa shape index (κ3) is 4.00. The van der Waals surface area contributed by atoms with Crippen molar-refractivity contribution in [2.24, 2.45) is 11.0 Å². The van der Waals surface area contributed by atoms with E-state index in [9.17, 15) is 0 Å². The van der Waals surface area contributed by atoms with Crippen molar-refractivity contribution in [3.05, 3.63) is 0 Å². The van der Waals surface area contributed by atoms with E-state index in [1.165, 1.54) is 5.71 Å². The highest BCUT2D eigenvalue weighted by Crippen LogP contribution is 2.14. The lowest BCUT2D eigenvalue weighted by Gasteiger charge is -2.18. The molecule has 72 valence electrons. The van der Waals surface area contributed by atoms with Gasteiger partial charge in [-0.15, -0.1) is 0 Å². The van der Waals surface area contributed by atoms with Gasteiger partial charge in [-0.05, 0) is 19.1 Å². The van der Waals surface area contributed by atoms with Crippen LogP contribution in [-0.4, -0.2) is 36.3 Å². The number of hydrazone groups is 1. The Balaban J connectivity index is 4.43. The van der Waals surface area contributed by atoms with E-state index in [2.05, 4.69) is 32.1 Å². The van der Waals surface area contributed by atoms with Crippen LogP contribution in [0.1, 0.15) is 20.8 Å². The second kappa shape index (κ2) is 5.46. The number of nitrogens with zero attached hydrogens (tertiary/aromatic N) is 2. The summed E-state index contributed by atoms with van der Waals surface area (Å²) >= 11 is 1.85. The first-order valence-corrected chi connectivity index (χ1v) is 5.56. The van der Waals surface area contributed by atoms with Gasteiger partial charge in [0.1, 0.15) is 0 Å². The third-order valence-corrected chi connectivity index (χ3v) is 2.63. The van der Waals surface area contributed by atoms with Gasteiger partial charge in [-0.1, -0.05) is 13.8 Å². The summed E-state index contributed by atoms with van der Waals surface area (Å²) in [5.74, 6) is 0.537. The molecule has 0 amide bonds. The minimum atomic E-state index is 0.521. The van der Waals surface area contributed by atoms with Gasteiger partial charge >= 0.3 is 0 Å². The smallest absolute Gasteiger partial charge is 0.0532 e. The van der Waals surface area contributed by atoms with Gasteiger partial charge in [0.25, 0.3) is 0 Å². The second-order valence-corrected chi connectivity index (χ2v) is 4.58. The molecule has 0 aliphatic rings. The third-order valence-electron chi connectivity index (χ3n) is 1.68. The average molecular weight is 188 g/mol. The van der Waals surface area contributed by atoms with Gasteiger partial charge in [0.05, 0.1) is 5.71 Å². The second-order valence-electron chi connectivity index (χ2n) is 3.40. The average Bonchev–Trinajstić information content (AvgIpc) is 1.98. The fraction of sp³-hybridized carbons (Fsp3) is 0.889. The molecular formula is C9H20N2S. The zero-order chi connectivity index (χ0) is 9.72.